The van der Waals surface area contributed by atoms with Crippen LogP contribution in [0.4, 0.5) is 17.1 Å². The van der Waals surface area contributed by atoms with E-state index in [0.717, 1.165) is 17.8 Å². The highest BCUT2D eigenvalue weighted by Crippen LogP contribution is 2.63. The zero-order valence-corrected chi connectivity index (χ0v) is 35.9. The van der Waals surface area contributed by atoms with E-state index in [1.54, 1.807) is 11.1 Å². The Morgan fingerprint density at radius 3 is 1.73 bits per heavy atom. The van der Waals surface area contributed by atoms with Crippen LogP contribution in [0.3, 0.4) is 0 Å². The van der Waals surface area contributed by atoms with Crippen molar-refractivity contribution < 1.29 is 0 Å². The second kappa shape index (κ2) is 15.0. The topological polar surface area (TPSA) is 3.24 Å². The van der Waals surface area contributed by atoms with Gasteiger partial charge in [0.25, 0.3) is 0 Å². The minimum Gasteiger partial charge on any atom is -0.310 e. The van der Waals surface area contributed by atoms with Crippen molar-refractivity contribution in [3.63, 3.8) is 0 Å². The summed E-state index contributed by atoms with van der Waals surface area (Å²) in [5, 5.41) is 2.54. The first-order valence-electron chi connectivity index (χ1n) is 22.3. The smallest absolute Gasteiger partial charge is 0.242 e. The van der Waals surface area contributed by atoms with Gasteiger partial charge in [0.1, 0.15) is 0 Å². The molecule has 0 spiro atoms. The predicted molar refractivity (Wildman–Crippen MR) is 254 cm³/mol. The second-order valence-electron chi connectivity index (χ2n) is 19.1. The molecular formula is C57H58BN. The Morgan fingerprint density at radius 1 is 0.508 bits per heavy atom. The van der Waals surface area contributed by atoms with Gasteiger partial charge < -0.3 is 4.90 Å². The van der Waals surface area contributed by atoms with Gasteiger partial charge >= 0.3 is 0 Å². The Kier molecular flexibility index (Phi) is 9.67. The highest BCUT2D eigenvalue weighted by molar-refractivity contribution is 6.96. The average molecular weight is 768 g/mol. The van der Waals surface area contributed by atoms with Crippen molar-refractivity contribution in [3.05, 3.63) is 190 Å². The standard InChI is InChI=1S/C57H58BN/c1-37-28-39(3)55(40(4)29-37)58(56-41(5)30-38(2)31-42(56)6)49-22-17-45(18-23-49)54-36-57(34-43-16-27-53(54)47(32-43)35-57)48-20-25-51(26-21-48)59(50-14-8-7-9-15-50)52-24-19-44-12-10-11-13-46(44)33-52/h7-15,17-26,28-31,33,43,47,53-54H,16,27,32,34-36H2,1-6H3. The first-order valence-corrected chi connectivity index (χ1v) is 22.3. The summed E-state index contributed by atoms with van der Waals surface area (Å²) < 4.78 is 0. The Morgan fingerprint density at radius 2 is 1.08 bits per heavy atom. The van der Waals surface area contributed by atoms with Gasteiger partial charge in [-0.1, -0.05) is 165 Å². The van der Waals surface area contributed by atoms with Crippen molar-refractivity contribution in [1.29, 1.82) is 0 Å². The lowest BCUT2D eigenvalue weighted by Gasteiger charge is -2.58. The van der Waals surface area contributed by atoms with Crippen LogP contribution in [-0.4, -0.2) is 6.71 Å². The van der Waals surface area contributed by atoms with Gasteiger partial charge in [-0.25, -0.2) is 0 Å². The third kappa shape index (κ3) is 6.83. The number of anilines is 3. The Balaban J connectivity index is 1.00. The molecule has 0 saturated heterocycles. The highest BCUT2D eigenvalue weighted by atomic mass is 15.1. The molecular weight excluding hydrogens is 709 g/mol. The third-order valence-corrected chi connectivity index (χ3v) is 15.1. The van der Waals surface area contributed by atoms with Crippen LogP contribution in [0, 0.1) is 59.3 Å². The lowest BCUT2D eigenvalue weighted by Crippen LogP contribution is -2.55. The summed E-state index contributed by atoms with van der Waals surface area (Å²) in [5.41, 5.74) is 19.6. The number of hydrogen-bond donors (Lipinski definition) is 0. The predicted octanol–water partition coefficient (Wildman–Crippen LogP) is 12.9. The monoisotopic (exact) mass is 767 g/mol. The zero-order chi connectivity index (χ0) is 40.4. The third-order valence-electron chi connectivity index (χ3n) is 15.1. The van der Waals surface area contributed by atoms with E-state index >= 15 is 0 Å². The fourth-order valence-corrected chi connectivity index (χ4v) is 12.9. The number of rotatable bonds is 8. The minimum atomic E-state index is 0.210. The van der Waals surface area contributed by atoms with Crippen molar-refractivity contribution in [2.45, 2.75) is 91.4 Å². The Hall–Kier alpha value is -5.34. The van der Waals surface area contributed by atoms with Crippen molar-refractivity contribution in [3.8, 4) is 0 Å². The molecule has 0 N–H and O–H groups in total. The highest BCUT2D eigenvalue weighted by Gasteiger charge is 2.53. The summed E-state index contributed by atoms with van der Waals surface area (Å²) in [6, 6.07) is 55.9. The zero-order valence-electron chi connectivity index (χ0n) is 35.9. The number of hydrogen-bond acceptors (Lipinski definition) is 1. The largest absolute Gasteiger partial charge is 0.310 e. The molecule has 0 aromatic heterocycles. The molecule has 5 unspecified atom stereocenters. The molecule has 294 valence electrons. The summed E-state index contributed by atoms with van der Waals surface area (Å²) in [6.07, 6.45) is 8.13. The lowest BCUT2D eigenvalue weighted by molar-refractivity contribution is -0.00623. The van der Waals surface area contributed by atoms with Gasteiger partial charge in [-0.05, 0) is 161 Å². The molecule has 10 rings (SSSR count). The van der Waals surface area contributed by atoms with E-state index in [9.17, 15) is 0 Å². The van der Waals surface area contributed by atoms with Crippen molar-refractivity contribution >= 4 is 50.9 Å². The number of nitrogens with zero attached hydrogens (tertiary/aromatic N) is 1. The first kappa shape index (κ1) is 37.9. The van der Waals surface area contributed by atoms with Crippen LogP contribution in [0.25, 0.3) is 10.8 Å². The number of aryl methyl sites for hydroxylation is 6. The molecule has 3 fully saturated rings. The second-order valence-corrected chi connectivity index (χ2v) is 19.1. The molecule has 0 heterocycles. The molecule has 2 heteroatoms. The molecule has 3 bridgehead atoms. The van der Waals surface area contributed by atoms with Crippen LogP contribution in [0.2, 0.25) is 0 Å². The number of benzene rings is 7. The fourth-order valence-electron chi connectivity index (χ4n) is 12.9. The maximum atomic E-state index is 2.55. The Labute approximate surface area is 353 Å². The van der Waals surface area contributed by atoms with Gasteiger partial charge in [-0.3, -0.25) is 0 Å². The van der Waals surface area contributed by atoms with Crippen LogP contribution in [0.1, 0.15) is 89.0 Å². The molecule has 5 atom stereocenters. The van der Waals surface area contributed by atoms with Gasteiger partial charge in [0.05, 0.1) is 0 Å². The summed E-state index contributed by atoms with van der Waals surface area (Å²) in [6.45, 7) is 14.0. The summed E-state index contributed by atoms with van der Waals surface area (Å²) in [7, 11) is 0. The molecule has 1 nitrogen and oxygen atoms in total. The SMILES string of the molecule is Cc1cc(C)c(B(c2ccc(C3CC4(c5ccc(N(c6ccccc6)c6ccc7ccccc7c6)cc5)CC5CCC3C(C5)C4)cc2)c2c(C)cc(C)cc2C)c(C)c1. The molecule has 7 aromatic carbocycles. The van der Waals surface area contributed by atoms with Crippen LogP contribution >= 0.6 is 0 Å². The van der Waals surface area contributed by atoms with Crippen LogP contribution in [0.5, 0.6) is 0 Å². The van der Waals surface area contributed by atoms with E-state index in [4.69, 9.17) is 0 Å². The number of fused-ring (bicyclic) bond motifs is 3. The van der Waals surface area contributed by atoms with Crippen molar-refractivity contribution in [2.75, 3.05) is 4.90 Å². The fraction of sp³-hybridized carbons (Fsp3) is 0.298. The van der Waals surface area contributed by atoms with Gasteiger partial charge in [0.15, 0.2) is 0 Å². The molecule has 3 saturated carbocycles. The van der Waals surface area contributed by atoms with Crippen LogP contribution in [-0.2, 0) is 5.41 Å². The summed E-state index contributed by atoms with van der Waals surface area (Å²) in [5.74, 6) is 3.04. The number of para-hydroxylation sites is 1. The molecule has 0 aliphatic heterocycles. The van der Waals surface area contributed by atoms with Gasteiger partial charge in [0, 0.05) is 17.1 Å². The van der Waals surface area contributed by atoms with E-state index < -0.39 is 0 Å². The van der Waals surface area contributed by atoms with Gasteiger partial charge in [-0.2, -0.15) is 0 Å². The van der Waals surface area contributed by atoms with E-state index in [0.29, 0.717) is 5.92 Å². The minimum absolute atomic E-state index is 0.210. The van der Waals surface area contributed by atoms with E-state index in [-0.39, 0.29) is 12.1 Å². The van der Waals surface area contributed by atoms with Crippen molar-refractivity contribution in [2.24, 2.45) is 17.8 Å². The summed E-state index contributed by atoms with van der Waals surface area (Å²) >= 11 is 0. The van der Waals surface area contributed by atoms with Crippen LogP contribution in [0.15, 0.2) is 146 Å². The normalized spacial score (nSPS) is 22.1. The van der Waals surface area contributed by atoms with E-state index in [2.05, 4.69) is 192 Å². The van der Waals surface area contributed by atoms with Crippen LogP contribution < -0.4 is 21.3 Å². The Bertz CT molecular complexity index is 2550. The van der Waals surface area contributed by atoms with E-state index in [1.165, 1.54) is 116 Å². The molecule has 3 aliphatic carbocycles. The molecule has 3 aliphatic rings. The lowest BCUT2D eigenvalue weighted by atomic mass is 9.34. The average Bonchev–Trinajstić information content (AvgIpc) is 3.22. The molecule has 7 aromatic rings. The summed E-state index contributed by atoms with van der Waals surface area (Å²) in [4.78, 5) is 2.43. The molecule has 0 amide bonds. The van der Waals surface area contributed by atoms with E-state index in [1.807, 2.05) is 0 Å². The first-order chi connectivity index (χ1) is 28.6. The molecule has 0 radical (unpaired) electrons. The molecule has 59 heavy (non-hydrogen) atoms. The quantitative estimate of drug-likeness (QED) is 0.139. The maximum Gasteiger partial charge on any atom is 0.242 e. The maximum absolute atomic E-state index is 2.55. The van der Waals surface area contributed by atoms with Gasteiger partial charge in [-0.15, -0.1) is 0 Å². The van der Waals surface area contributed by atoms with Gasteiger partial charge in [0.2, 0.25) is 6.71 Å². The van der Waals surface area contributed by atoms with Crippen molar-refractivity contribution in [1.82, 2.24) is 0 Å².